The van der Waals surface area contributed by atoms with E-state index in [1.54, 1.807) is 0 Å². The first-order valence-corrected chi connectivity index (χ1v) is 6.00. The summed E-state index contributed by atoms with van der Waals surface area (Å²) in [6, 6.07) is -6.40. The predicted molar refractivity (Wildman–Crippen MR) is 53.6 cm³/mol. The number of halogens is 14. The van der Waals surface area contributed by atoms with Crippen molar-refractivity contribution >= 4 is 0 Å². The van der Waals surface area contributed by atoms with E-state index in [1.165, 1.54) is 0 Å². The fourth-order valence-corrected chi connectivity index (χ4v) is 1.43. The summed E-state index contributed by atoms with van der Waals surface area (Å²) in [7, 11) is 0. The molecule has 0 radical (unpaired) electrons. The SMILES string of the molecule is OC(O)(F)C(F)(F)C(F)(F)C(F)(F)C(F)C(F)C(F)C(F)C(F)C(F)F. The first-order valence-electron chi connectivity index (χ1n) is 6.00. The van der Waals surface area contributed by atoms with Gasteiger partial charge in [0.05, 0.1) is 0 Å². The Morgan fingerprint density at radius 1 is 0.500 bits per heavy atom. The van der Waals surface area contributed by atoms with Crippen molar-refractivity contribution in [2.75, 3.05) is 0 Å². The Hall–Kier alpha value is -1.06. The second-order valence-corrected chi connectivity index (χ2v) is 4.87. The molecule has 0 amide bonds. The van der Waals surface area contributed by atoms with Gasteiger partial charge in [0.1, 0.15) is 0 Å². The normalized spacial score (nSPS) is 20.7. The molecule has 0 fully saturated rings. The van der Waals surface area contributed by atoms with Crippen LogP contribution in [0.1, 0.15) is 0 Å². The van der Waals surface area contributed by atoms with Crippen LogP contribution >= 0.6 is 0 Å². The van der Waals surface area contributed by atoms with Gasteiger partial charge in [0.15, 0.2) is 24.7 Å². The minimum Gasteiger partial charge on any atom is -0.335 e. The number of rotatable bonds is 9. The molecule has 2 N–H and O–H groups in total. The molecule has 5 atom stereocenters. The zero-order chi connectivity index (χ0) is 21.5. The summed E-state index contributed by atoms with van der Waals surface area (Å²) in [5.41, 5.74) is 0. The Morgan fingerprint density at radius 3 is 1.15 bits per heavy atom. The molecule has 0 spiro atoms. The molecule has 0 rings (SSSR count). The van der Waals surface area contributed by atoms with E-state index in [2.05, 4.69) is 0 Å². The molecular weight excluding hydrogens is 418 g/mol. The van der Waals surface area contributed by atoms with Crippen molar-refractivity contribution < 1.29 is 71.7 Å². The van der Waals surface area contributed by atoms with Crippen molar-refractivity contribution in [3.8, 4) is 0 Å². The highest BCUT2D eigenvalue weighted by Crippen LogP contribution is 2.53. The van der Waals surface area contributed by atoms with Crippen LogP contribution in [0.25, 0.3) is 0 Å². The molecular formula is C10H8F14O2. The van der Waals surface area contributed by atoms with Crippen molar-refractivity contribution in [1.29, 1.82) is 0 Å². The van der Waals surface area contributed by atoms with E-state index < -0.39 is 61.1 Å². The lowest BCUT2D eigenvalue weighted by Gasteiger charge is -2.37. The van der Waals surface area contributed by atoms with Crippen LogP contribution in [0.4, 0.5) is 61.5 Å². The molecule has 26 heavy (non-hydrogen) atoms. The topological polar surface area (TPSA) is 40.5 Å². The quantitative estimate of drug-likeness (QED) is 0.438. The maximum Gasteiger partial charge on any atom is 0.399 e. The molecule has 5 unspecified atom stereocenters. The van der Waals surface area contributed by atoms with E-state index in [9.17, 15) is 61.5 Å². The number of hydrogen-bond acceptors (Lipinski definition) is 2. The molecule has 0 aromatic carbocycles. The minimum absolute atomic E-state index is 4.22. The van der Waals surface area contributed by atoms with Crippen molar-refractivity contribution in [2.45, 2.75) is 61.1 Å². The van der Waals surface area contributed by atoms with Crippen LogP contribution in [0.15, 0.2) is 0 Å². The van der Waals surface area contributed by atoms with Gasteiger partial charge in [-0.25, -0.2) is 30.7 Å². The smallest absolute Gasteiger partial charge is 0.335 e. The van der Waals surface area contributed by atoms with Crippen LogP contribution in [0.3, 0.4) is 0 Å². The van der Waals surface area contributed by atoms with Crippen molar-refractivity contribution in [3.63, 3.8) is 0 Å². The van der Waals surface area contributed by atoms with Crippen molar-refractivity contribution in [1.82, 2.24) is 0 Å². The van der Waals surface area contributed by atoms with Gasteiger partial charge in [-0.15, -0.1) is 0 Å². The van der Waals surface area contributed by atoms with Gasteiger partial charge >= 0.3 is 23.8 Å². The molecule has 0 aromatic heterocycles. The first-order chi connectivity index (χ1) is 11.2. The van der Waals surface area contributed by atoms with E-state index in [1.807, 2.05) is 0 Å². The predicted octanol–water partition coefficient (Wildman–Crippen LogP) is 3.46. The molecule has 158 valence electrons. The van der Waals surface area contributed by atoms with Crippen LogP contribution in [0.2, 0.25) is 0 Å². The Labute approximate surface area is 134 Å². The summed E-state index contributed by atoms with van der Waals surface area (Å²) in [6.07, 6.45) is -27.9. The van der Waals surface area contributed by atoms with E-state index in [-0.39, 0.29) is 0 Å². The average Bonchev–Trinajstić information content (AvgIpc) is 2.49. The fraction of sp³-hybridized carbons (Fsp3) is 1.00. The summed E-state index contributed by atoms with van der Waals surface area (Å²) in [5, 5.41) is 15.5. The molecule has 0 aromatic rings. The van der Waals surface area contributed by atoms with Crippen LogP contribution < -0.4 is 0 Å². The minimum atomic E-state index is -7.45. The zero-order valence-corrected chi connectivity index (χ0v) is 11.7. The highest BCUT2D eigenvalue weighted by Gasteiger charge is 2.82. The molecule has 2 nitrogen and oxygen atoms in total. The lowest BCUT2D eigenvalue weighted by molar-refractivity contribution is -0.445. The molecule has 0 bridgehead atoms. The Bertz CT molecular complexity index is 463. The van der Waals surface area contributed by atoms with Gasteiger partial charge in [-0.1, -0.05) is 0 Å². The number of alkyl halides is 14. The molecule has 16 heteroatoms. The highest BCUT2D eigenvalue weighted by molar-refractivity contribution is 5.06. The lowest BCUT2D eigenvalue weighted by Crippen LogP contribution is -2.67. The molecule has 0 saturated heterocycles. The van der Waals surface area contributed by atoms with Crippen LogP contribution in [-0.4, -0.2) is 71.3 Å². The van der Waals surface area contributed by atoms with Crippen LogP contribution in [0.5, 0.6) is 0 Å². The van der Waals surface area contributed by atoms with Gasteiger partial charge in [-0.05, 0) is 0 Å². The second-order valence-electron chi connectivity index (χ2n) is 4.87. The monoisotopic (exact) mass is 426 g/mol. The number of aliphatic hydroxyl groups is 2. The number of hydrogen-bond donors (Lipinski definition) is 2. The van der Waals surface area contributed by atoms with Gasteiger partial charge in [0.25, 0.3) is 6.43 Å². The Balaban J connectivity index is 5.72. The average molecular weight is 426 g/mol. The van der Waals surface area contributed by atoms with Crippen molar-refractivity contribution in [3.05, 3.63) is 0 Å². The summed E-state index contributed by atoms with van der Waals surface area (Å²) in [5.74, 6) is -21.8. The first kappa shape index (κ1) is 24.9. The zero-order valence-electron chi connectivity index (χ0n) is 11.7. The Kier molecular flexibility index (Phi) is 7.21. The van der Waals surface area contributed by atoms with E-state index in [0.29, 0.717) is 0 Å². The van der Waals surface area contributed by atoms with Gasteiger partial charge in [-0.2, -0.15) is 30.7 Å². The van der Waals surface area contributed by atoms with E-state index >= 15 is 0 Å². The third-order valence-corrected chi connectivity index (χ3v) is 2.99. The molecule has 0 aliphatic carbocycles. The third kappa shape index (κ3) is 4.09. The maximum absolute atomic E-state index is 13.1. The van der Waals surface area contributed by atoms with Gasteiger partial charge in [0.2, 0.25) is 6.17 Å². The fourth-order valence-electron chi connectivity index (χ4n) is 1.43. The summed E-state index contributed by atoms with van der Waals surface area (Å²) in [6.45, 7) is 0. The summed E-state index contributed by atoms with van der Waals surface area (Å²) >= 11 is 0. The van der Waals surface area contributed by atoms with Gasteiger partial charge in [-0.3, -0.25) is 0 Å². The Morgan fingerprint density at radius 2 is 0.846 bits per heavy atom. The highest BCUT2D eigenvalue weighted by atomic mass is 19.4. The van der Waals surface area contributed by atoms with Crippen molar-refractivity contribution in [2.24, 2.45) is 0 Å². The molecule has 0 aliphatic rings. The standard InChI is InChI=1S/C10H8F14O2/c11-1(2(12)4(14)6(16)17)3(13)5(15)7(18,19)8(20,21)9(22,23)10(24,25)26/h1-6,25-26H. The third-order valence-electron chi connectivity index (χ3n) is 2.99. The summed E-state index contributed by atoms with van der Waals surface area (Å²) < 4.78 is 178. The van der Waals surface area contributed by atoms with Gasteiger partial charge < -0.3 is 10.2 Å². The van der Waals surface area contributed by atoms with Gasteiger partial charge in [0, 0.05) is 0 Å². The summed E-state index contributed by atoms with van der Waals surface area (Å²) in [4.78, 5) is 0. The van der Waals surface area contributed by atoms with Crippen LogP contribution in [-0.2, 0) is 0 Å². The molecule has 0 aliphatic heterocycles. The molecule has 0 saturated carbocycles. The van der Waals surface area contributed by atoms with E-state index in [0.717, 1.165) is 0 Å². The maximum atomic E-state index is 13.1. The molecule has 0 heterocycles. The van der Waals surface area contributed by atoms with Crippen LogP contribution in [0, 0.1) is 0 Å². The largest absolute Gasteiger partial charge is 0.399 e. The lowest BCUT2D eigenvalue weighted by atomic mass is 9.93. The second kappa shape index (κ2) is 7.52. The van der Waals surface area contributed by atoms with E-state index in [4.69, 9.17) is 10.2 Å².